The first-order valence-electron chi connectivity index (χ1n) is 7.65. The van der Waals surface area contributed by atoms with Crippen LogP contribution < -0.4 is 15.8 Å². The number of ether oxygens (including phenoxy) is 1. The third-order valence-corrected chi connectivity index (χ3v) is 3.81. The molecule has 4 nitrogen and oxygen atoms in total. The quantitative estimate of drug-likeness (QED) is 0.673. The maximum Gasteiger partial charge on any atom is 0.193 e. The van der Waals surface area contributed by atoms with E-state index in [1.54, 1.807) is 0 Å². The van der Waals surface area contributed by atoms with Crippen molar-refractivity contribution in [3.63, 3.8) is 0 Å². The third-order valence-electron chi connectivity index (χ3n) is 3.81. The highest BCUT2D eigenvalue weighted by molar-refractivity contribution is 5.92. The average Bonchev–Trinajstić information content (AvgIpc) is 2.96. The molecule has 4 heteroatoms. The van der Waals surface area contributed by atoms with Gasteiger partial charge in [0.25, 0.3) is 0 Å². The monoisotopic (exact) mass is 295 g/mol. The number of guanidine groups is 1. The van der Waals surface area contributed by atoms with E-state index >= 15 is 0 Å². The highest BCUT2D eigenvalue weighted by Gasteiger charge is 2.21. The number of para-hydroxylation sites is 1. The van der Waals surface area contributed by atoms with Crippen molar-refractivity contribution in [2.45, 2.75) is 25.9 Å². The standard InChI is InChI=1S/C18H21N3O/c1-2-13-7-9-15(10-8-13)21-18(19)20-12-16-11-14-5-3-4-6-17(14)22-16/h3-10,16H,2,11-12H2,1H3,(H3,19,20,21). The molecule has 0 aromatic heterocycles. The zero-order chi connectivity index (χ0) is 15.4. The van der Waals surface area contributed by atoms with Crippen LogP contribution in [-0.4, -0.2) is 18.6 Å². The van der Waals surface area contributed by atoms with E-state index in [0.717, 1.165) is 24.3 Å². The van der Waals surface area contributed by atoms with Gasteiger partial charge < -0.3 is 15.8 Å². The van der Waals surface area contributed by atoms with Crippen LogP contribution in [0.1, 0.15) is 18.1 Å². The van der Waals surface area contributed by atoms with Crippen molar-refractivity contribution in [3.05, 3.63) is 59.7 Å². The summed E-state index contributed by atoms with van der Waals surface area (Å²) in [4.78, 5) is 4.39. The molecule has 1 unspecified atom stereocenters. The smallest absolute Gasteiger partial charge is 0.193 e. The highest BCUT2D eigenvalue weighted by Crippen LogP contribution is 2.28. The molecular weight excluding hydrogens is 274 g/mol. The second-order valence-corrected chi connectivity index (χ2v) is 5.45. The molecule has 1 heterocycles. The van der Waals surface area contributed by atoms with Crippen LogP contribution in [0.2, 0.25) is 0 Å². The van der Waals surface area contributed by atoms with E-state index in [-0.39, 0.29) is 6.10 Å². The Kier molecular flexibility index (Phi) is 4.28. The molecule has 114 valence electrons. The fraction of sp³-hybridized carbons (Fsp3) is 0.278. The molecule has 1 atom stereocenters. The lowest BCUT2D eigenvalue weighted by Crippen LogP contribution is -2.26. The Morgan fingerprint density at radius 2 is 2.00 bits per heavy atom. The maximum atomic E-state index is 5.94. The number of nitrogens with zero attached hydrogens (tertiary/aromatic N) is 1. The summed E-state index contributed by atoms with van der Waals surface area (Å²) in [5.41, 5.74) is 9.44. The minimum absolute atomic E-state index is 0.0696. The summed E-state index contributed by atoms with van der Waals surface area (Å²) in [6.07, 6.45) is 1.99. The van der Waals surface area contributed by atoms with Gasteiger partial charge in [0, 0.05) is 12.1 Å². The Hall–Kier alpha value is -2.49. The molecule has 3 N–H and O–H groups in total. The van der Waals surface area contributed by atoms with Gasteiger partial charge in [0.2, 0.25) is 0 Å². The lowest BCUT2D eigenvalue weighted by atomic mass is 10.1. The van der Waals surface area contributed by atoms with E-state index in [2.05, 4.69) is 35.4 Å². The number of aliphatic imine (C=N–C) groups is 1. The van der Waals surface area contributed by atoms with Crippen LogP contribution >= 0.6 is 0 Å². The molecule has 0 radical (unpaired) electrons. The first kappa shape index (κ1) is 14.4. The number of anilines is 1. The van der Waals surface area contributed by atoms with Gasteiger partial charge in [-0.05, 0) is 35.7 Å². The Labute approximate surface area is 131 Å². The molecule has 0 aliphatic carbocycles. The molecule has 2 aromatic carbocycles. The summed E-state index contributed by atoms with van der Waals surface area (Å²) in [6.45, 7) is 2.69. The first-order valence-corrected chi connectivity index (χ1v) is 7.65. The predicted octanol–water partition coefficient (Wildman–Crippen LogP) is 2.98. The number of benzene rings is 2. The van der Waals surface area contributed by atoms with Gasteiger partial charge in [0.1, 0.15) is 11.9 Å². The molecule has 0 fully saturated rings. The lowest BCUT2D eigenvalue weighted by molar-refractivity contribution is 0.242. The van der Waals surface area contributed by atoms with E-state index in [1.165, 1.54) is 11.1 Å². The molecule has 0 bridgehead atoms. The van der Waals surface area contributed by atoms with E-state index in [0.29, 0.717) is 12.5 Å². The lowest BCUT2D eigenvalue weighted by Gasteiger charge is -2.09. The van der Waals surface area contributed by atoms with Gasteiger partial charge in [-0.25, -0.2) is 4.99 Å². The summed E-state index contributed by atoms with van der Waals surface area (Å²) in [5.74, 6) is 1.38. The number of aryl methyl sites for hydroxylation is 1. The Bertz CT molecular complexity index is 639. The van der Waals surface area contributed by atoms with Gasteiger partial charge in [0.15, 0.2) is 5.96 Å². The van der Waals surface area contributed by atoms with Crippen LogP contribution in [0.5, 0.6) is 5.75 Å². The van der Waals surface area contributed by atoms with Crippen LogP contribution in [0.25, 0.3) is 0 Å². The minimum atomic E-state index is 0.0696. The van der Waals surface area contributed by atoms with Crippen molar-refractivity contribution in [2.24, 2.45) is 10.7 Å². The number of rotatable bonds is 4. The zero-order valence-corrected chi connectivity index (χ0v) is 12.8. The summed E-state index contributed by atoms with van der Waals surface area (Å²) in [5, 5.41) is 3.11. The van der Waals surface area contributed by atoms with Gasteiger partial charge in [0.05, 0.1) is 6.54 Å². The Morgan fingerprint density at radius 1 is 1.23 bits per heavy atom. The van der Waals surface area contributed by atoms with Crippen LogP contribution in [0.3, 0.4) is 0 Å². The number of hydrogen-bond donors (Lipinski definition) is 2. The molecule has 0 saturated heterocycles. The van der Waals surface area contributed by atoms with Crippen molar-refractivity contribution < 1.29 is 4.74 Å². The number of nitrogens with two attached hydrogens (primary N) is 1. The molecule has 0 amide bonds. The fourth-order valence-electron chi connectivity index (χ4n) is 2.57. The average molecular weight is 295 g/mol. The maximum absolute atomic E-state index is 5.94. The summed E-state index contributed by atoms with van der Waals surface area (Å²) < 4.78 is 5.85. The Balaban J connectivity index is 1.54. The van der Waals surface area contributed by atoms with Crippen LogP contribution in [0, 0.1) is 0 Å². The molecule has 2 aromatic rings. The molecule has 3 rings (SSSR count). The number of hydrogen-bond acceptors (Lipinski definition) is 2. The molecule has 1 aliphatic heterocycles. The highest BCUT2D eigenvalue weighted by atomic mass is 16.5. The van der Waals surface area contributed by atoms with Gasteiger partial charge in [-0.2, -0.15) is 0 Å². The molecule has 1 aliphatic rings. The molecule has 0 saturated carbocycles. The largest absolute Gasteiger partial charge is 0.488 e. The minimum Gasteiger partial charge on any atom is -0.488 e. The van der Waals surface area contributed by atoms with Crippen LogP contribution in [-0.2, 0) is 12.8 Å². The van der Waals surface area contributed by atoms with E-state index in [9.17, 15) is 0 Å². The summed E-state index contributed by atoms with van der Waals surface area (Å²) in [6, 6.07) is 16.3. The van der Waals surface area contributed by atoms with E-state index < -0.39 is 0 Å². The molecule has 0 spiro atoms. The predicted molar refractivity (Wildman–Crippen MR) is 90.5 cm³/mol. The topological polar surface area (TPSA) is 59.6 Å². The second-order valence-electron chi connectivity index (χ2n) is 5.45. The SMILES string of the molecule is CCc1ccc(NC(N)=NCC2Cc3ccccc3O2)cc1. The molecular formula is C18H21N3O. The second kappa shape index (κ2) is 6.52. The fourth-order valence-corrected chi connectivity index (χ4v) is 2.57. The zero-order valence-electron chi connectivity index (χ0n) is 12.8. The van der Waals surface area contributed by atoms with Crippen LogP contribution in [0.4, 0.5) is 5.69 Å². The van der Waals surface area contributed by atoms with Gasteiger partial charge in [-0.15, -0.1) is 0 Å². The van der Waals surface area contributed by atoms with Gasteiger partial charge in [-0.3, -0.25) is 0 Å². The van der Waals surface area contributed by atoms with Crippen LogP contribution in [0.15, 0.2) is 53.5 Å². The van der Waals surface area contributed by atoms with Gasteiger partial charge >= 0.3 is 0 Å². The van der Waals surface area contributed by atoms with Crippen molar-refractivity contribution in [2.75, 3.05) is 11.9 Å². The number of nitrogens with one attached hydrogen (secondary N) is 1. The van der Waals surface area contributed by atoms with Crippen molar-refractivity contribution in [3.8, 4) is 5.75 Å². The van der Waals surface area contributed by atoms with Crippen molar-refractivity contribution in [1.29, 1.82) is 0 Å². The summed E-state index contributed by atoms with van der Waals surface area (Å²) >= 11 is 0. The van der Waals surface area contributed by atoms with Crippen molar-refractivity contribution in [1.82, 2.24) is 0 Å². The van der Waals surface area contributed by atoms with E-state index in [4.69, 9.17) is 10.5 Å². The van der Waals surface area contributed by atoms with Gasteiger partial charge in [-0.1, -0.05) is 37.3 Å². The number of fused-ring (bicyclic) bond motifs is 1. The third kappa shape index (κ3) is 3.39. The summed E-state index contributed by atoms with van der Waals surface area (Å²) in [7, 11) is 0. The normalized spacial score (nSPS) is 17.0. The Morgan fingerprint density at radius 3 is 2.73 bits per heavy atom. The molecule has 22 heavy (non-hydrogen) atoms. The van der Waals surface area contributed by atoms with E-state index in [1.807, 2.05) is 30.3 Å². The van der Waals surface area contributed by atoms with Crippen molar-refractivity contribution >= 4 is 11.6 Å². The first-order chi connectivity index (χ1) is 10.7.